The fraction of sp³-hybridized carbons (Fsp3) is 0.333. The molecule has 0 heterocycles. The highest BCUT2D eigenvalue weighted by atomic mass is 16.5. The molecule has 92 valence electrons. The molecule has 0 spiro atoms. The minimum atomic E-state index is -0.498. The van der Waals surface area contributed by atoms with Crippen molar-refractivity contribution in [1.29, 1.82) is 0 Å². The molecule has 2 N–H and O–H groups in total. The standard InChI is InChI=1S/C12H16N2O3/c1-17-12(16)14-8-7-13-11(15)9-10-5-3-2-4-6-10/h2-6H,7-9H2,1H3,(H,13,15)(H,14,16). The van der Waals surface area contributed by atoms with Crippen LogP contribution >= 0.6 is 0 Å². The van der Waals surface area contributed by atoms with Gasteiger partial charge in [0.25, 0.3) is 0 Å². The molecular formula is C12H16N2O3. The van der Waals surface area contributed by atoms with Crippen molar-refractivity contribution in [2.45, 2.75) is 6.42 Å². The highest BCUT2D eigenvalue weighted by Gasteiger charge is 2.02. The maximum absolute atomic E-state index is 11.5. The predicted molar refractivity (Wildman–Crippen MR) is 63.6 cm³/mol. The van der Waals surface area contributed by atoms with Gasteiger partial charge in [-0.2, -0.15) is 0 Å². The van der Waals surface area contributed by atoms with E-state index in [-0.39, 0.29) is 5.91 Å². The lowest BCUT2D eigenvalue weighted by Crippen LogP contribution is -2.35. The van der Waals surface area contributed by atoms with Crippen LogP contribution in [0.3, 0.4) is 0 Å². The summed E-state index contributed by atoms with van der Waals surface area (Å²) in [4.78, 5) is 22.2. The van der Waals surface area contributed by atoms with Crippen LogP contribution in [0.2, 0.25) is 0 Å². The second kappa shape index (κ2) is 7.27. The van der Waals surface area contributed by atoms with Crippen molar-refractivity contribution in [3.05, 3.63) is 35.9 Å². The van der Waals surface area contributed by atoms with Crippen molar-refractivity contribution in [1.82, 2.24) is 10.6 Å². The van der Waals surface area contributed by atoms with Crippen LogP contribution in [-0.4, -0.2) is 32.2 Å². The lowest BCUT2D eigenvalue weighted by Gasteiger charge is -2.06. The molecule has 17 heavy (non-hydrogen) atoms. The second-order valence-electron chi connectivity index (χ2n) is 3.43. The zero-order chi connectivity index (χ0) is 12.5. The summed E-state index contributed by atoms with van der Waals surface area (Å²) in [6.07, 6.45) is -0.152. The van der Waals surface area contributed by atoms with Crippen LogP contribution in [0.4, 0.5) is 4.79 Å². The summed E-state index contributed by atoms with van der Waals surface area (Å²) in [5, 5.41) is 5.18. The number of alkyl carbamates (subject to hydrolysis) is 1. The van der Waals surface area contributed by atoms with Crippen LogP contribution in [-0.2, 0) is 16.0 Å². The molecule has 0 aromatic heterocycles. The molecule has 5 heteroatoms. The number of ether oxygens (including phenoxy) is 1. The molecule has 1 rings (SSSR count). The Kier molecular flexibility index (Phi) is 5.57. The van der Waals surface area contributed by atoms with Gasteiger partial charge in [0.05, 0.1) is 13.5 Å². The maximum Gasteiger partial charge on any atom is 0.406 e. The van der Waals surface area contributed by atoms with Crippen LogP contribution in [0, 0.1) is 0 Å². The first-order chi connectivity index (χ1) is 8.22. The third kappa shape index (κ3) is 5.55. The van der Waals surface area contributed by atoms with E-state index in [0.717, 1.165) is 5.56 Å². The molecule has 0 aliphatic rings. The monoisotopic (exact) mass is 236 g/mol. The van der Waals surface area contributed by atoms with Crippen molar-refractivity contribution in [2.24, 2.45) is 0 Å². The zero-order valence-electron chi connectivity index (χ0n) is 9.73. The highest BCUT2D eigenvalue weighted by molar-refractivity contribution is 5.78. The molecule has 0 saturated heterocycles. The Morgan fingerprint density at radius 1 is 1.12 bits per heavy atom. The number of rotatable bonds is 5. The average Bonchev–Trinajstić information content (AvgIpc) is 2.35. The Labute approximate surface area is 100 Å². The summed E-state index contributed by atoms with van der Waals surface area (Å²) < 4.78 is 4.39. The fourth-order valence-corrected chi connectivity index (χ4v) is 1.28. The van der Waals surface area contributed by atoms with Gasteiger partial charge in [-0.05, 0) is 5.56 Å². The van der Waals surface area contributed by atoms with Crippen LogP contribution in [0.25, 0.3) is 0 Å². The Bertz CT molecular complexity index is 365. The van der Waals surface area contributed by atoms with Gasteiger partial charge in [-0.1, -0.05) is 30.3 Å². The summed E-state index contributed by atoms with van der Waals surface area (Å²) in [7, 11) is 1.29. The quantitative estimate of drug-likeness (QED) is 0.739. The Morgan fingerprint density at radius 2 is 1.76 bits per heavy atom. The molecule has 0 bridgehead atoms. The van der Waals surface area contributed by atoms with Gasteiger partial charge in [0.1, 0.15) is 0 Å². The molecular weight excluding hydrogens is 220 g/mol. The molecule has 0 fully saturated rings. The summed E-state index contributed by atoms with van der Waals surface area (Å²) in [6.45, 7) is 0.744. The third-order valence-corrected chi connectivity index (χ3v) is 2.11. The molecule has 5 nitrogen and oxygen atoms in total. The van der Waals surface area contributed by atoms with Gasteiger partial charge in [0.2, 0.25) is 5.91 Å². The summed E-state index contributed by atoms with van der Waals surface area (Å²) >= 11 is 0. The molecule has 0 unspecified atom stereocenters. The van der Waals surface area contributed by atoms with Crippen LogP contribution in [0.15, 0.2) is 30.3 Å². The molecule has 0 aliphatic heterocycles. The first-order valence-corrected chi connectivity index (χ1v) is 5.35. The predicted octanol–water partition coefficient (Wildman–Crippen LogP) is 0.701. The fourth-order valence-electron chi connectivity index (χ4n) is 1.28. The number of benzene rings is 1. The van der Waals surface area contributed by atoms with Gasteiger partial charge < -0.3 is 15.4 Å². The molecule has 1 aromatic rings. The van der Waals surface area contributed by atoms with Crippen molar-refractivity contribution < 1.29 is 14.3 Å². The number of carbonyl (C=O) groups is 2. The lowest BCUT2D eigenvalue weighted by atomic mass is 10.1. The van der Waals surface area contributed by atoms with E-state index in [4.69, 9.17) is 0 Å². The average molecular weight is 236 g/mol. The van der Waals surface area contributed by atoms with Gasteiger partial charge in [-0.3, -0.25) is 4.79 Å². The summed E-state index contributed by atoms with van der Waals surface area (Å²) in [6, 6.07) is 9.48. The van der Waals surface area contributed by atoms with Crippen molar-refractivity contribution in [2.75, 3.05) is 20.2 Å². The van der Waals surface area contributed by atoms with Crippen LogP contribution in [0.1, 0.15) is 5.56 Å². The molecule has 2 amide bonds. The first kappa shape index (κ1) is 13.0. The topological polar surface area (TPSA) is 67.4 Å². The third-order valence-electron chi connectivity index (χ3n) is 2.11. The molecule has 0 aliphatic carbocycles. The van der Waals surface area contributed by atoms with E-state index in [9.17, 15) is 9.59 Å². The van der Waals surface area contributed by atoms with E-state index in [1.54, 1.807) is 0 Å². The largest absolute Gasteiger partial charge is 0.453 e. The van der Waals surface area contributed by atoms with Crippen molar-refractivity contribution in [3.8, 4) is 0 Å². The SMILES string of the molecule is COC(=O)NCCNC(=O)Cc1ccccc1. The van der Waals surface area contributed by atoms with Crippen LogP contribution in [0.5, 0.6) is 0 Å². The maximum atomic E-state index is 11.5. The molecule has 1 aromatic carbocycles. The molecule has 0 atom stereocenters. The van der Waals surface area contributed by atoms with E-state index in [1.807, 2.05) is 30.3 Å². The van der Waals surface area contributed by atoms with Crippen molar-refractivity contribution in [3.63, 3.8) is 0 Å². The van der Waals surface area contributed by atoms with Gasteiger partial charge in [0.15, 0.2) is 0 Å². The molecule has 0 saturated carbocycles. The lowest BCUT2D eigenvalue weighted by molar-refractivity contribution is -0.120. The Morgan fingerprint density at radius 3 is 2.41 bits per heavy atom. The number of hydrogen-bond donors (Lipinski definition) is 2. The van der Waals surface area contributed by atoms with E-state index < -0.39 is 6.09 Å². The normalized spacial score (nSPS) is 9.47. The van der Waals surface area contributed by atoms with E-state index in [0.29, 0.717) is 19.5 Å². The number of amides is 2. The van der Waals surface area contributed by atoms with Crippen molar-refractivity contribution >= 4 is 12.0 Å². The highest BCUT2D eigenvalue weighted by Crippen LogP contribution is 1.98. The van der Waals surface area contributed by atoms with Gasteiger partial charge in [0, 0.05) is 13.1 Å². The Balaban J connectivity index is 2.16. The van der Waals surface area contributed by atoms with E-state index in [1.165, 1.54) is 7.11 Å². The van der Waals surface area contributed by atoms with Gasteiger partial charge in [-0.25, -0.2) is 4.79 Å². The van der Waals surface area contributed by atoms with E-state index in [2.05, 4.69) is 15.4 Å². The van der Waals surface area contributed by atoms with Gasteiger partial charge >= 0.3 is 6.09 Å². The minimum Gasteiger partial charge on any atom is -0.453 e. The number of hydrogen-bond acceptors (Lipinski definition) is 3. The second-order valence-corrected chi connectivity index (χ2v) is 3.43. The first-order valence-electron chi connectivity index (χ1n) is 5.35. The minimum absolute atomic E-state index is 0.0668. The number of nitrogens with one attached hydrogen (secondary N) is 2. The zero-order valence-corrected chi connectivity index (χ0v) is 9.73. The molecule has 0 radical (unpaired) electrons. The van der Waals surface area contributed by atoms with E-state index >= 15 is 0 Å². The van der Waals surface area contributed by atoms with Crippen LogP contribution < -0.4 is 10.6 Å². The Hall–Kier alpha value is -2.04. The summed E-state index contributed by atoms with van der Waals surface area (Å²) in [5.74, 6) is -0.0668. The number of methoxy groups -OCH3 is 1. The smallest absolute Gasteiger partial charge is 0.406 e. The number of carbonyl (C=O) groups excluding carboxylic acids is 2. The van der Waals surface area contributed by atoms with Gasteiger partial charge in [-0.15, -0.1) is 0 Å². The summed E-state index contributed by atoms with van der Waals surface area (Å²) in [5.41, 5.74) is 0.964.